The summed E-state index contributed by atoms with van der Waals surface area (Å²) in [4.78, 5) is 40.2. The average molecular weight is 398 g/mol. The van der Waals surface area contributed by atoms with Gasteiger partial charge in [0.2, 0.25) is 11.8 Å². The van der Waals surface area contributed by atoms with Gasteiger partial charge in [0.15, 0.2) is 0 Å². The fraction of sp³-hybridized carbons (Fsp3) is 0.286. The minimum absolute atomic E-state index is 0.0563. The Morgan fingerprint density at radius 3 is 2.31 bits per heavy atom. The van der Waals surface area contributed by atoms with Crippen LogP contribution in [0, 0.1) is 17.7 Å². The molecule has 150 valence electrons. The van der Waals surface area contributed by atoms with E-state index in [0.29, 0.717) is 5.56 Å². The number of fused-ring (bicyclic) bond motifs is 1. The van der Waals surface area contributed by atoms with Gasteiger partial charge in [-0.15, -0.1) is 0 Å². The molecule has 0 aliphatic carbocycles. The number of esters is 1. The summed E-state index contributed by atoms with van der Waals surface area (Å²) < 4.78 is 18.2. The predicted octanol–water partition coefficient (Wildman–Crippen LogP) is 1.91. The molecule has 0 aromatic heterocycles. The first-order valence-corrected chi connectivity index (χ1v) is 9.06. The molecule has 2 aromatic carbocycles. The Hall–Kier alpha value is -3.26. The van der Waals surface area contributed by atoms with Gasteiger partial charge < -0.3 is 9.84 Å². The number of rotatable bonds is 3. The monoisotopic (exact) mass is 398 g/mol. The van der Waals surface area contributed by atoms with Crippen LogP contribution < -0.4 is 10.2 Å². The van der Waals surface area contributed by atoms with E-state index in [1.165, 1.54) is 50.4 Å². The molecule has 7 nitrogen and oxygen atoms in total. The third-order valence-electron chi connectivity index (χ3n) is 5.73. The second kappa shape index (κ2) is 6.66. The van der Waals surface area contributed by atoms with Gasteiger partial charge in [-0.25, -0.2) is 9.29 Å². The van der Waals surface area contributed by atoms with Gasteiger partial charge in [0.1, 0.15) is 17.1 Å². The molecule has 8 heteroatoms. The Labute approximate surface area is 166 Å². The molecule has 4 atom stereocenters. The van der Waals surface area contributed by atoms with E-state index in [0.717, 1.165) is 4.90 Å². The molecule has 0 saturated carbocycles. The van der Waals surface area contributed by atoms with E-state index in [4.69, 9.17) is 4.74 Å². The maximum Gasteiger partial charge on any atom is 0.326 e. The number of phenolic OH excluding ortho intramolecular Hbond substituents is 1. The van der Waals surface area contributed by atoms with Gasteiger partial charge in [-0.1, -0.05) is 12.1 Å². The average Bonchev–Trinajstić information content (AvgIpc) is 3.17. The van der Waals surface area contributed by atoms with Crippen molar-refractivity contribution >= 4 is 23.5 Å². The van der Waals surface area contributed by atoms with Crippen LogP contribution in [-0.4, -0.2) is 35.5 Å². The van der Waals surface area contributed by atoms with Gasteiger partial charge in [0.25, 0.3) is 0 Å². The number of aromatic hydroxyl groups is 1. The Bertz CT molecular complexity index is 991. The zero-order chi connectivity index (χ0) is 20.9. The zero-order valence-electron chi connectivity index (χ0n) is 15.8. The third kappa shape index (κ3) is 2.79. The van der Waals surface area contributed by atoms with E-state index in [1.54, 1.807) is 12.1 Å². The normalized spacial score (nSPS) is 28.5. The first kappa shape index (κ1) is 19.1. The van der Waals surface area contributed by atoms with Crippen molar-refractivity contribution in [3.05, 3.63) is 59.9 Å². The van der Waals surface area contributed by atoms with E-state index in [1.807, 2.05) is 0 Å². The summed E-state index contributed by atoms with van der Waals surface area (Å²) in [7, 11) is 1.22. The van der Waals surface area contributed by atoms with Crippen LogP contribution in [0.5, 0.6) is 5.75 Å². The summed E-state index contributed by atoms with van der Waals surface area (Å²) in [5, 5.41) is 12.7. The van der Waals surface area contributed by atoms with Gasteiger partial charge >= 0.3 is 5.97 Å². The summed E-state index contributed by atoms with van der Waals surface area (Å²) in [6.07, 6.45) is 0. The minimum atomic E-state index is -1.43. The molecule has 2 amide bonds. The SMILES string of the molecule is COC(=O)[C@]1(C)N[C@H](c2ccc(O)cc2)[C@@H]2C(=O)N(c3ccc(F)cc3)C(=O)[C@H]21. The number of methoxy groups -OCH3 is 1. The molecule has 2 aliphatic heterocycles. The highest BCUT2D eigenvalue weighted by Gasteiger charge is 2.67. The highest BCUT2D eigenvalue weighted by atomic mass is 19.1. The van der Waals surface area contributed by atoms with E-state index in [9.17, 15) is 23.9 Å². The first-order valence-electron chi connectivity index (χ1n) is 9.06. The van der Waals surface area contributed by atoms with Crippen LogP contribution in [-0.2, 0) is 19.1 Å². The van der Waals surface area contributed by atoms with Crippen molar-refractivity contribution in [1.82, 2.24) is 5.32 Å². The fourth-order valence-electron chi connectivity index (χ4n) is 4.35. The van der Waals surface area contributed by atoms with Gasteiger partial charge in [-0.3, -0.25) is 19.7 Å². The summed E-state index contributed by atoms with van der Waals surface area (Å²) in [6.45, 7) is 1.54. The summed E-state index contributed by atoms with van der Waals surface area (Å²) in [6, 6.07) is 10.6. The van der Waals surface area contributed by atoms with Gasteiger partial charge in [0.05, 0.1) is 24.6 Å². The maximum absolute atomic E-state index is 13.3. The lowest BCUT2D eigenvalue weighted by molar-refractivity contribution is -0.151. The molecule has 2 heterocycles. The van der Waals surface area contributed by atoms with Crippen LogP contribution in [0.3, 0.4) is 0 Å². The van der Waals surface area contributed by atoms with Crippen molar-refractivity contribution in [2.45, 2.75) is 18.5 Å². The van der Waals surface area contributed by atoms with Crippen molar-refractivity contribution in [3.8, 4) is 5.75 Å². The number of nitrogens with one attached hydrogen (secondary N) is 1. The molecule has 0 bridgehead atoms. The number of nitrogens with zero attached hydrogens (tertiary/aromatic N) is 1. The molecular weight excluding hydrogens is 379 g/mol. The Balaban J connectivity index is 1.81. The van der Waals surface area contributed by atoms with Gasteiger partial charge in [0, 0.05) is 6.04 Å². The summed E-state index contributed by atoms with van der Waals surface area (Å²) in [5.41, 5.74) is -0.538. The number of imide groups is 1. The smallest absolute Gasteiger partial charge is 0.326 e. The first-order chi connectivity index (χ1) is 13.8. The largest absolute Gasteiger partial charge is 0.508 e. The van der Waals surface area contributed by atoms with Crippen LogP contribution in [0.15, 0.2) is 48.5 Å². The van der Waals surface area contributed by atoms with E-state index >= 15 is 0 Å². The van der Waals surface area contributed by atoms with Crippen molar-refractivity contribution in [1.29, 1.82) is 0 Å². The Kier molecular flexibility index (Phi) is 4.38. The second-order valence-electron chi connectivity index (χ2n) is 7.40. The number of carbonyl (C=O) groups excluding carboxylic acids is 3. The number of phenols is 1. The quantitative estimate of drug-likeness (QED) is 0.606. The van der Waals surface area contributed by atoms with Crippen LogP contribution in [0.1, 0.15) is 18.5 Å². The lowest BCUT2D eigenvalue weighted by Gasteiger charge is -2.28. The lowest BCUT2D eigenvalue weighted by atomic mass is 9.80. The number of hydrogen-bond acceptors (Lipinski definition) is 6. The molecule has 2 aromatic rings. The highest BCUT2D eigenvalue weighted by Crippen LogP contribution is 2.50. The second-order valence-corrected chi connectivity index (χ2v) is 7.40. The maximum atomic E-state index is 13.3. The van der Waals surface area contributed by atoms with Gasteiger partial charge in [-0.05, 0) is 48.9 Å². The van der Waals surface area contributed by atoms with Crippen molar-refractivity contribution in [2.75, 3.05) is 12.0 Å². The topological polar surface area (TPSA) is 95.9 Å². The number of ether oxygens (including phenoxy) is 1. The molecule has 29 heavy (non-hydrogen) atoms. The molecule has 0 radical (unpaired) electrons. The third-order valence-corrected chi connectivity index (χ3v) is 5.73. The van der Waals surface area contributed by atoms with Crippen LogP contribution in [0.4, 0.5) is 10.1 Å². The van der Waals surface area contributed by atoms with E-state index < -0.39 is 47.0 Å². The highest BCUT2D eigenvalue weighted by molar-refractivity contribution is 6.24. The lowest BCUT2D eigenvalue weighted by Crippen LogP contribution is -2.54. The van der Waals surface area contributed by atoms with Crippen LogP contribution in [0.25, 0.3) is 0 Å². The van der Waals surface area contributed by atoms with Crippen LogP contribution >= 0.6 is 0 Å². The number of halogens is 1. The van der Waals surface area contributed by atoms with E-state index in [2.05, 4.69) is 5.32 Å². The Morgan fingerprint density at radius 2 is 1.72 bits per heavy atom. The van der Waals surface area contributed by atoms with Crippen molar-refractivity contribution < 1.29 is 28.6 Å². The Morgan fingerprint density at radius 1 is 1.10 bits per heavy atom. The number of carbonyl (C=O) groups is 3. The molecule has 2 fully saturated rings. The summed E-state index contributed by atoms with van der Waals surface area (Å²) in [5.74, 6) is -3.97. The van der Waals surface area contributed by atoms with Crippen molar-refractivity contribution in [3.63, 3.8) is 0 Å². The number of anilines is 1. The van der Waals surface area contributed by atoms with Crippen molar-refractivity contribution in [2.24, 2.45) is 11.8 Å². The molecule has 0 spiro atoms. The predicted molar refractivity (Wildman–Crippen MR) is 100 cm³/mol. The molecular formula is C21H19FN2O5. The number of benzene rings is 2. The summed E-state index contributed by atoms with van der Waals surface area (Å²) >= 11 is 0. The zero-order valence-corrected chi connectivity index (χ0v) is 15.8. The van der Waals surface area contributed by atoms with Gasteiger partial charge in [-0.2, -0.15) is 0 Å². The molecule has 0 unspecified atom stereocenters. The number of hydrogen-bond donors (Lipinski definition) is 2. The minimum Gasteiger partial charge on any atom is -0.508 e. The molecule has 4 rings (SSSR count). The van der Waals surface area contributed by atoms with Crippen LogP contribution in [0.2, 0.25) is 0 Å². The number of amides is 2. The molecule has 2 saturated heterocycles. The fourth-order valence-corrected chi connectivity index (χ4v) is 4.35. The molecule has 2 N–H and O–H groups in total. The van der Waals surface area contributed by atoms with E-state index in [-0.39, 0.29) is 11.4 Å². The molecule has 2 aliphatic rings. The standard InChI is InChI=1S/C21H19FN2O5/c1-21(20(28)29-2)16-15(17(23-21)11-3-9-14(25)10-4-11)18(26)24(19(16)27)13-7-5-12(22)6-8-13/h3-10,15-17,23,25H,1-2H3/t15-,16+,17-,21-/m1/s1.